The lowest BCUT2D eigenvalue weighted by atomic mass is 10.2. The summed E-state index contributed by atoms with van der Waals surface area (Å²) in [5.41, 5.74) is 4.73. The molecule has 128 valence electrons. The Labute approximate surface area is 150 Å². The largest absolute Gasteiger partial charge is 0.340 e. The summed E-state index contributed by atoms with van der Waals surface area (Å²) in [6.45, 7) is 1.74. The van der Waals surface area contributed by atoms with Gasteiger partial charge in [-0.05, 0) is 24.3 Å². The molecule has 1 N–H and O–H groups in total. The van der Waals surface area contributed by atoms with E-state index >= 15 is 0 Å². The van der Waals surface area contributed by atoms with Gasteiger partial charge in [-0.25, -0.2) is 0 Å². The molecule has 0 radical (unpaired) electrons. The molecule has 0 aliphatic carbocycles. The van der Waals surface area contributed by atoms with Gasteiger partial charge in [0, 0.05) is 6.92 Å². The van der Waals surface area contributed by atoms with Gasteiger partial charge >= 0.3 is 0 Å². The highest BCUT2D eigenvalue weighted by Crippen LogP contribution is 2.22. The number of nitrogens with one attached hydrogen (secondary N) is 1. The van der Waals surface area contributed by atoms with Crippen LogP contribution in [0.15, 0.2) is 65.2 Å². The molecular formula is C18H18N4O2S. The predicted molar refractivity (Wildman–Crippen MR) is 98.4 cm³/mol. The van der Waals surface area contributed by atoms with Gasteiger partial charge in [0.25, 0.3) is 0 Å². The van der Waals surface area contributed by atoms with Crippen LogP contribution in [0.2, 0.25) is 0 Å². The number of benzene rings is 2. The summed E-state index contributed by atoms with van der Waals surface area (Å²) >= 11 is 1.44. The number of hydrogen-bond donors (Lipinski definition) is 1. The number of carbonyl (C=O) groups excluding carboxylic acids is 1. The van der Waals surface area contributed by atoms with E-state index in [1.807, 2.05) is 60.7 Å². The average molecular weight is 354 g/mol. The molecule has 6 nitrogen and oxygen atoms in total. The first-order valence-electron chi connectivity index (χ1n) is 7.79. The number of hydrogen-bond acceptors (Lipinski definition) is 6. The van der Waals surface area contributed by atoms with Crippen LogP contribution >= 0.6 is 11.8 Å². The highest BCUT2D eigenvalue weighted by Gasteiger charge is 2.13. The number of hydrazine groups is 1. The molecule has 0 aliphatic heterocycles. The first kappa shape index (κ1) is 17.0. The summed E-state index contributed by atoms with van der Waals surface area (Å²) < 4.78 is 4.92. The first-order valence-corrected chi connectivity index (χ1v) is 8.94. The zero-order valence-corrected chi connectivity index (χ0v) is 14.6. The first-order chi connectivity index (χ1) is 12.2. The van der Waals surface area contributed by atoms with Gasteiger partial charge in [0.2, 0.25) is 11.8 Å². The maximum Gasteiger partial charge on any atom is 0.248 e. The van der Waals surface area contributed by atoms with E-state index in [-0.39, 0.29) is 5.91 Å². The van der Waals surface area contributed by atoms with E-state index in [4.69, 9.17) is 4.52 Å². The molecule has 7 heteroatoms. The summed E-state index contributed by atoms with van der Waals surface area (Å²) in [5.74, 6) is 1.85. The molecule has 0 atom stereocenters. The zero-order chi connectivity index (χ0) is 17.5. The minimum atomic E-state index is -0.0991. The number of nitrogens with zero attached hydrogens (tertiary/aromatic N) is 3. The summed E-state index contributed by atoms with van der Waals surface area (Å²) in [7, 11) is 0. The number of amides is 1. The van der Waals surface area contributed by atoms with Crippen LogP contribution in [0.25, 0.3) is 0 Å². The third-order valence-corrected chi connectivity index (χ3v) is 4.23. The van der Waals surface area contributed by atoms with Crippen molar-refractivity contribution in [2.75, 3.05) is 10.8 Å². The highest BCUT2D eigenvalue weighted by molar-refractivity contribution is 7.99. The van der Waals surface area contributed by atoms with E-state index in [9.17, 15) is 4.79 Å². The lowest BCUT2D eigenvalue weighted by molar-refractivity contribution is -0.118. The molecule has 3 rings (SSSR count). The van der Waals surface area contributed by atoms with Crippen molar-refractivity contribution in [3.8, 4) is 0 Å². The molecule has 0 bridgehead atoms. The number of para-hydroxylation sites is 2. The van der Waals surface area contributed by atoms with Crippen molar-refractivity contribution < 1.29 is 9.32 Å². The molecule has 0 unspecified atom stereocenters. The molecule has 0 saturated heterocycles. The van der Waals surface area contributed by atoms with Gasteiger partial charge in [-0.15, -0.1) is 11.8 Å². The quantitative estimate of drug-likeness (QED) is 0.655. The van der Waals surface area contributed by atoms with E-state index in [1.165, 1.54) is 11.8 Å². The van der Waals surface area contributed by atoms with Gasteiger partial charge in [-0.2, -0.15) is 4.98 Å². The Morgan fingerprint density at radius 1 is 1.08 bits per heavy atom. The van der Waals surface area contributed by atoms with Gasteiger partial charge < -0.3 is 4.52 Å². The van der Waals surface area contributed by atoms with Crippen molar-refractivity contribution >= 4 is 29.0 Å². The fraction of sp³-hybridized carbons (Fsp3) is 0.167. The summed E-state index contributed by atoms with van der Waals surface area (Å²) in [6, 6.07) is 19.4. The molecule has 0 aliphatic rings. The fourth-order valence-electron chi connectivity index (χ4n) is 2.22. The van der Waals surface area contributed by atoms with E-state index in [2.05, 4.69) is 15.6 Å². The Hall–Kier alpha value is -2.80. The van der Waals surface area contributed by atoms with Crippen LogP contribution in [-0.4, -0.2) is 21.8 Å². The predicted octanol–water partition coefficient (Wildman–Crippen LogP) is 3.48. The molecule has 0 fully saturated rings. The Morgan fingerprint density at radius 3 is 2.20 bits per heavy atom. The topological polar surface area (TPSA) is 71.3 Å². The second-order valence-electron chi connectivity index (χ2n) is 5.26. The van der Waals surface area contributed by atoms with Crippen molar-refractivity contribution in [2.24, 2.45) is 0 Å². The number of thioether (sulfide) groups is 1. The maximum atomic E-state index is 12.4. The van der Waals surface area contributed by atoms with Crippen molar-refractivity contribution in [3.05, 3.63) is 72.4 Å². The lowest BCUT2D eigenvalue weighted by Crippen LogP contribution is -2.40. The molecular weight excluding hydrogens is 336 g/mol. The van der Waals surface area contributed by atoms with Gasteiger partial charge in [0.1, 0.15) is 0 Å². The van der Waals surface area contributed by atoms with Crippen molar-refractivity contribution in [3.63, 3.8) is 0 Å². The molecule has 1 aromatic heterocycles. The molecule has 0 spiro atoms. The summed E-state index contributed by atoms with van der Waals surface area (Å²) in [4.78, 5) is 16.5. The van der Waals surface area contributed by atoms with Crippen molar-refractivity contribution in [1.82, 2.24) is 15.6 Å². The highest BCUT2D eigenvalue weighted by atomic mass is 32.2. The summed E-state index contributed by atoms with van der Waals surface area (Å²) in [6.07, 6.45) is 0. The van der Waals surface area contributed by atoms with Gasteiger partial charge in [0.05, 0.1) is 22.9 Å². The van der Waals surface area contributed by atoms with E-state index in [0.29, 0.717) is 23.2 Å². The normalized spacial score (nSPS) is 10.4. The number of carbonyl (C=O) groups is 1. The standard InChI is InChI=1S/C18H18N4O2S/c1-14-19-17(21-24-14)12-25-13-18(23)20-22(15-8-4-2-5-9-15)16-10-6-3-7-11-16/h2-11H,12-13H2,1H3,(H,20,23). The molecule has 1 amide bonds. The smallest absolute Gasteiger partial charge is 0.248 e. The molecule has 25 heavy (non-hydrogen) atoms. The summed E-state index contributed by atoms with van der Waals surface area (Å²) in [5, 5.41) is 5.60. The van der Waals surface area contributed by atoms with Gasteiger partial charge in [0.15, 0.2) is 5.82 Å². The second kappa shape index (κ2) is 8.34. The van der Waals surface area contributed by atoms with Gasteiger partial charge in [-0.1, -0.05) is 41.6 Å². The minimum absolute atomic E-state index is 0.0991. The lowest BCUT2D eigenvalue weighted by Gasteiger charge is -2.25. The van der Waals surface area contributed by atoms with Crippen LogP contribution in [-0.2, 0) is 10.5 Å². The molecule has 3 aromatic rings. The Morgan fingerprint density at radius 2 is 1.68 bits per heavy atom. The number of anilines is 2. The molecule has 0 saturated carbocycles. The van der Waals surface area contributed by atoms with Gasteiger partial charge in [-0.3, -0.25) is 15.2 Å². The van der Waals surface area contributed by atoms with Crippen LogP contribution < -0.4 is 10.4 Å². The maximum absolute atomic E-state index is 12.4. The Kier molecular flexibility index (Phi) is 5.69. The fourth-order valence-corrected chi connectivity index (χ4v) is 2.88. The Bertz CT molecular complexity index is 769. The molecule has 2 aromatic carbocycles. The number of aromatic nitrogens is 2. The van der Waals surface area contributed by atoms with Crippen LogP contribution in [0.4, 0.5) is 11.4 Å². The van der Waals surface area contributed by atoms with Crippen LogP contribution in [0.5, 0.6) is 0 Å². The third kappa shape index (κ3) is 4.84. The SMILES string of the molecule is Cc1nc(CSCC(=O)NN(c2ccccc2)c2ccccc2)no1. The Balaban J connectivity index is 1.62. The van der Waals surface area contributed by atoms with Crippen LogP contribution in [0.1, 0.15) is 11.7 Å². The minimum Gasteiger partial charge on any atom is -0.340 e. The van der Waals surface area contributed by atoms with Crippen molar-refractivity contribution in [1.29, 1.82) is 0 Å². The van der Waals surface area contributed by atoms with E-state index in [1.54, 1.807) is 11.9 Å². The number of aryl methyl sites for hydroxylation is 1. The second-order valence-corrected chi connectivity index (χ2v) is 6.25. The average Bonchev–Trinajstić information content (AvgIpc) is 3.06. The third-order valence-electron chi connectivity index (χ3n) is 3.30. The van der Waals surface area contributed by atoms with Crippen LogP contribution in [0, 0.1) is 6.92 Å². The van der Waals surface area contributed by atoms with Crippen molar-refractivity contribution in [2.45, 2.75) is 12.7 Å². The van der Waals surface area contributed by atoms with E-state index < -0.39 is 0 Å². The zero-order valence-electron chi connectivity index (χ0n) is 13.8. The number of rotatable bonds is 7. The van der Waals surface area contributed by atoms with Crippen LogP contribution in [0.3, 0.4) is 0 Å². The monoisotopic (exact) mass is 354 g/mol. The van der Waals surface area contributed by atoms with E-state index in [0.717, 1.165) is 11.4 Å². The molecule has 1 heterocycles.